The third-order valence-corrected chi connectivity index (χ3v) is 7.46. The first kappa shape index (κ1) is 30.4. The molecule has 0 saturated carbocycles. The highest BCUT2D eigenvalue weighted by atomic mass is 32.2. The zero-order chi connectivity index (χ0) is 27.8. The van der Waals surface area contributed by atoms with Crippen LogP contribution >= 0.6 is 0 Å². The summed E-state index contributed by atoms with van der Waals surface area (Å²) in [6, 6.07) is 14.6. The molecule has 204 valence electrons. The Morgan fingerprint density at radius 3 is 2.14 bits per heavy atom. The molecule has 2 aromatic carbocycles. The monoisotopic (exact) mass is 529 g/mol. The van der Waals surface area contributed by atoms with Crippen LogP contribution in [0.2, 0.25) is 0 Å². The lowest BCUT2D eigenvalue weighted by Crippen LogP contribution is -2.53. The predicted molar refractivity (Wildman–Crippen MR) is 151 cm³/mol. The Morgan fingerprint density at radius 2 is 1.62 bits per heavy atom. The van der Waals surface area contributed by atoms with E-state index in [1.165, 1.54) is 10.6 Å². The summed E-state index contributed by atoms with van der Waals surface area (Å²) in [6.45, 7) is 12.2. The van der Waals surface area contributed by atoms with Gasteiger partial charge in [0.2, 0.25) is 21.8 Å². The average molecular weight is 530 g/mol. The molecule has 0 aromatic heterocycles. The van der Waals surface area contributed by atoms with E-state index in [0.717, 1.165) is 23.1 Å². The second kappa shape index (κ2) is 13.1. The SMILES string of the molecule is CCc1ccc(N(CCCC(=O)N(Cc2ccccc2C)[C@H](CC)C(=O)NC(C)(C)C)S(C)(=O)=O)cc1. The van der Waals surface area contributed by atoms with E-state index in [4.69, 9.17) is 0 Å². The molecule has 0 heterocycles. The van der Waals surface area contributed by atoms with Crippen molar-refractivity contribution in [2.45, 2.75) is 85.4 Å². The standard InChI is InChI=1S/C29H43N3O4S/c1-8-23-16-18-25(19-17-23)32(37(7,35)36)20-12-15-27(33)31(21-24-14-11-10-13-22(24)3)26(9-2)28(34)30-29(4,5)6/h10-11,13-14,16-19,26H,8-9,12,15,20-21H2,1-7H3,(H,30,34)/t26-/m1/s1. The van der Waals surface area contributed by atoms with E-state index in [1.54, 1.807) is 17.0 Å². The number of carbonyl (C=O) groups excluding carboxylic acids is 2. The van der Waals surface area contributed by atoms with Crippen LogP contribution in [-0.2, 0) is 32.6 Å². The lowest BCUT2D eigenvalue weighted by atomic mass is 10.0. The van der Waals surface area contributed by atoms with Gasteiger partial charge in [0.25, 0.3) is 0 Å². The fraction of sp³-hybridized carbons (Fsp3) is 0.517. The zero-order valence-corrected chi connectivity index (χ0v) is 24.2. The molecule has 1 atom stereocenters. The molecule has 2 amide bonds. The fourth-order valence-electron chi connectivity index (χ4n) is 4.25. The summed E-state index contributed by atoms with van der Waals surface area (Å²) in [5, 5.41) is 3.01. The number of aryl methyl sites for hydroxylation is 2. The van der Waals surface area contributed by atoms with Gasteiger partial charge in [-0.1, -0.05) is 50.2 Å². The summed E-state index contributed by atoms with van der Waals surface area (Å²) in [7, 11) is -3.52. The van der Waals surface area contributed by atoms with Crippen molar-refractivity contribution in [3.63, 3.8) is 0 Å². The van der Waals surface area contributed by atoms with Crippen LogP contribution in [0, 0.1) is 6.92 Å². The minimum Gasteiger partial charge on any atom is -0.350 e. The minimum absolute atomic E-state index is 0.129. The maximum atomic E-state index is 13.6. The highest BCUT2D eigenvalue weighted by molar-refractivity contribution is 7.92. The molecule has 0 saturated heterocycles. The van der Waals surface area contributed by atoms with Gasteiger partial charge in [-0.3, -0.25) is 13.9 Å². The number of nitrogens with zero attached hydrogens (tertiary/aromatic N) is 2. The first-order valence-electron chi connectivity index (χ1n) is 13.0. The van der Waals surface area contributed by atoms with Gasteiger partial charge in [0, 0.05) is 25.0 Å². The van der Waals surface area contributed by atoms with Gasteiger partial charge >= 0.3 is 0 Å². The Labute approximate surface area is 223 Å². The number of amides is 2. The number of rotatable bonds is 12. The highest BCUT2D eigenvalue weighted by Gasteiger charge is 2.31. The van der Waals surface area contributed by atoms with Crippen molar-refractivity contribution in [3.05, 3.63) is 65.2 Å². The van der Waals surface area contributed by atoms with Crippen LogP contribution < -0.4 is 9.62 Å². The number of hydrogen-bond acceptors (Lipinski definition) is 4. The van der Waals surface area contributed by atoms with Crippen LogP contribution in [0.25, 0.3) is 0 Å². The molecule has 7 nitrogen and oxygen atoms in total. The van der Waals surface area contributed by atoms with Crippen LogP contribution in [0.15, 0.2) is 48.5 Å². The van der Waals surface area contributed by atoms with E-state index in [0.29, 0.717) is 25.1 Å². The second-order valence-electron chi connectivity index (χ2n) is 10.6. The Morgan fingerprint density at radius 1 is 1.00 bits per heavy atom. The fourth-order valence-corrected chi connectivity index (χ4v) is 5.21. The lowest BCUT2D eigenvalue weighted by molar-refractivity contribution is -0.142. The first-order valence-corrected chi connectivity index (χ1v) is 14.8. The Balaban J connectivity index is 2.24. The molecular weight excluding hydrogens is 486 g/mol. The van der Waals surface area contributed by atoms with Crippen LogP contribution in [0.5, 0.6) is 0 Å². The zero-order valence-electron chi connectivity index (χ0n) is 23.4. The van der Waals surface area contributed by atoms with Gasteiger partial charge in [0.05, 0.1) is 11.9 Å². The molecule has 0 bridgehead atoms. The van der Waals surface area contributed by atoms with E-state index in [9.17, 15) is 18.0 Å². The first-order chi connectivity index (χ1) is 17.3. The van der Waals surface area contributed by atoms with E-state index in [1.807, 2.05) is 77.9 Å². The van der Waals surface area contributed by atoms with Gasteiger partial charge < -0.3 is 10.2 Å². The molecule has 0 aliphatic rings. The molecule has 0 spiro atoms. The summed E-state index contributed by atoms with van der Waals surface area (Å²) in [4.78, 5) is 28.4. The van der Waals surface area contributed by atoms with Crippen molar-refractivity contribution in [3.8, 4) is 0 Å². The second-order valence-corrected chi connectivity index (χ2v) is 12.5. The Hall–Kier alpha value is -2.87. The molecule has 0 aliphatic heterocycles. The predicted octanol–water partition coefficient (Wildman–Crippen LogP) is 4.83. The number of hydrogen-bond donors (Lipinski definition) is 1. The molecule has 0 fully saturated rings. The number of sulfonamides is 1. The van der Waals surface area contributed by atoms with Gasteiger partial charge in [-0.25, -0.2) is 8.42 Å². The number of anilines is 1. The Kier molecular flexibility index (Phi) is 10.7. The Bertz CT molecular complexity index is 1150. The number of benzene rings is 2. The van der Waals surface area contributed by atoms with Crippen molar-refractivity contribution in [2.75, 3.05) is 17.1 Å². The summed E-state index contributed by atoms with van der Waals surface area (Å²) in [5.41, 5.74) is 3.31. The normalized spacial score (nSPS) is 12.6. The summed E-state index contributed by atoms with van der Waals surface area (Å²) in [6.07, 6.45) is 2.98. The molecule has 2 aromatic rings. The molecule has 0 unspecified atom stereocenters. The van der Waals surface area contributed by atoms with Crippen LogP contribution in [0.4, 0.5) is 5.69 Å². The van der Waals surface area contributed by atoms with Crippen LogP contribution in [0.3, 0.4) is 0 Å². The minimum atomic E-state index is -3.52. The number of carbonyl (C=O) groups is 2. The van der Waals surface area contributed by atoms with Gasteiger partial charge in [0.15, 0.2) is 0 Å². The van der Waals surface area contributed by atoms with Gasteiger partial charge in [-0.05, 0) is 75.8 Å². The van der Waals surface area contributed by atoms with E-state index >= 15 is 0 Å². The molecular formula is C29H43N3O4S. The van der Waals surface area contributed by atoms with Crippen molar-refractivity contribution in [2.24, 2.45) is 0 Å². The molecule has 8 heteroatoms. The summed E-state index contributed by atoms with van der Waals surface area (Å²) in [5.74, 6) is -0.361. The number of nitrogens with one attached hydrogen (secondary N) is 1. The quantitative estimate of drug-likeness (QED) is 0.427. The summed E-state index contributed by atoms with van der Waals surface area (Å²) < 4.78 is 26.4. The van der Waals surface area contributed by atoms with Crippen molar-refractivity contribution >= 4 is 27.5 Å². The largest absolute Gasteiger partial charge is 0.350 e. The van der Waals surface area contributed by atoms with Gasteiger partial charge in [-0.15, -0.1) is 0 Å². The maximum absolute atomic E-state index is 13.6. The van der Waals surface area contributed by atoms with Gasteiger partial charge in [0.1, 0.15) is 6.04 Å². The lowest BCUT2D eigenvalue weighted by Gasteiger charge is -2.33. The molecule has 2 rings (SSSR count). The smallest absolute Gasteiger partial charge is 0.243 e. The molecule has 37 heavy (non-hydrogen) atoms. The van der Waals surface area contributed by atoms with Crippen molar-refractivity contribution in [1.29, 1.82) is 0 Å². The topological polar surface area (TPSA) is 86.8 Å². The molecule has 0 aliphatic carbocycles. The molecule has 0 radical (unpaired) electrons. The van der Waals surface area contributed by atoms with Crippen molar-refractivity contribution in [1.82, 2.24) is 10.2 Å². The van der Waals surface area contributed by atoms with Crippen molar-refractivity contribution < 1.29 is 18.0 Å². The van der Waals surface area contributed by atoms with E-state index in [2.05, 4.69) is 5.32 Å². The third-order valence-electron chi connectivity index (χ3n) is 6.27. The van der Waals surface area contributed by atoms with E-state index in [-0.39, 0.29) is 24.8 Å². The van der Waals surface area contributed by atoms with Crippen LogP contribution in [0.1, 0.15) is 70.6 Å². The third kappa shape index (κ3) is 9.18. The molecule has 1 N–H and O–H groups in total. The maximum Gasteiger partial charge on any atom is 0.243 e. The highest BCUT2D eigenvalue weighted by Crippen LogP contribution is 2.21. The van der Waals surface area contributed by atoms with Crippen LogP contribution in [-0.4, -0.2) is 49.5 Å². The van der Waals surface area contributed by atoms with Gasteiger partial charge in [-0.2, -0.15) is 0 Å². The summed E-state index contributed by atoms with van der Waals surface area (Å²) >= 11 is 0. The average Bonchev–Trinajstić information content (AvgIpc) is 2.81. The van der Waals surface area contributed by atoms with E-state index < -0.39 is 21.6 Å².